The molecule has 0 unspecified atom stereocenters. The maximum absolute atomic E-state index is 10.3. The molecular formula is C18H39AlO4S. The van der Waals surface area contributed by atoms with E-state index in [1.165, 1.54) is 70.6 Å². The van der Waals surface area contributed by atoms with Gasteiger partial charge in [0.1, 0.15) is 0 Å². The molecule has 24 heavy (non-hydrogen) atoms. The standard InChI is InChI=1S/C18H36O4S.Al.3H/c1-2-3-4-5-6-7-8-9-10-11-12-13-14-15-16-17-18-22-23(19,20)21;;;;/h9-10H,2-8,11-18H2,1H3,(H,19,20,21);;;;/b10-9-;;;;. The van der Waals surface area contributed by atoms with Gasteiger partial charge in [-0.15, -0.1) is 0 Å². The zero-order chi connectivity index (χ0) is 17.2. The van der Waals surface area contributed by atoms with E-state index in [2.05, 4.69) is 23.3 Å². The van der Waals surface area contributed by atoms with Crippen molar-refractivity contribution >= 4 is 27.8 Å². The smallest absolute Gasteiger partial charge is 0.264 e. The van der Waals surface area contributed by atoms with E-state index in [1.807, 2.05) is 0 Å². The number of allylic oxidation sites excluding steroid dienone is 2. The zero-order valence-corrected chi connectivity index (χ0v) is 15.7. The Balaban J connectivity index is 0. The van der Waals surface area contributed by atoms with Crippen molar-refractivity contribution in [2.75, 3.05) is 6.61 Å². The van der Waals surface area contributed by atoms with Crippen molar-refractivity contribution < 1.29 is 17.2 Å². The molecule has 0 saturated heterocycles. The van der Waals surface area contributed by atoms with E-state index in [0.717, 1.165) is 12.8 Å². The molecule has 0 amide bonds. The molecule has 0 aliphatic carbocycles. The van der Waals surface area contributed by atoms with Crippen molar-refractivity contribution in [2.45, 2.75) is 96.8 Å². The van der Waals surface area contributed by atoms with E-state index < -0.39 is 10.4 Å². The Morgan fingerprint density at radius 3 is 1.62 bits per heavy atom. The van der Waals surface area contributed by atoms with Crippen LogP contribution in [0.15, 0.2) is 12.2 Å². The molecule has 0 rings (SSSR count). The van der Waals surface area contributed by atoms with Crippen molar-refractivity contribution in [1.29, 1.82) is 0 Å². The van der Waals surface area contributed by atoms with E-state index in [0.29, 0.717) is 6.42 Å². The average Bonchev–Trinajstić information content (AvgIpc) is 2.49. The summed E-state index contributed by atoms with van der Waals surface area (Å²) < 4.78 is 33.3. The largest absolute Gasteiger partial charge is 0.397 e. The van der Waals surface area contributed by atoms with Crippen LogP contribution in [0.4, 0.5) is 0 Å². The predicted molar refractivity (Wildman–Crippen MR) is 107 cm³/mol. The first-order valence-electron chi connectivity index (χ1n) is 9.33. The first kappa shape index (κ1) is 26.4. The topological polar surface area (TPSA) is 63.6 Å². The highest BCUT2D eigenvalue weighted by molar-refractivity contribution is 7.80. The van der Waals surface area contributed by atoms with E-state index in [-0.39, 0.29) is 24.0 Å². The molecule has 0 aliphatic heterocycles. The van der Waals surface area contributed by atoms with Crippen LogP contribution in [0.3, 0.4) is 0 Å². The summed E-state index contributed by atoms with van der Waals surface area (Å²) in [7, 11) is -4.25. The molecule has 0 atom stereocenters. The lowest BCUT2D eigenvalue weighted by atomic mass is 10.1. The maximum atomic E-state index is 10.3. The molecule has 0 aromatic heterocycles. The maximum Gasteiger partial charge on any atom is 0.397 e. The van der Waals surface area contributed by atoms with Gasteiger partial charge in [0.05, 0.1) is 6.61 Å². The van der Waals surface area contributed by atoms with Crippen LogP contribution in [-0.2, 0) is 14.6 Å². The van der Waals surface area contributed by atoms with Crippen molar-refractivity contribution in [3.8, 4) is 0 Å². The Labute approximate surface area is 160 Å². The van der Waals surface area contributed by atoms with Crippen LogP contribution in [0.1, 0.15) is 96.8 Å². The van der Waals surface area contributed by atoms with Gasteiger partial charge in [-0.2, -0.15) is 8.42 Å². The van der Waals surface area contributed by atoms with Crippen LogP contribution < -0.4 is 0 Å². The van der Waals surface area contributed by atoms with Crippen LogP contribution in [0.2, 0.25) is 0 Å². The van der Waals surface area contributed by atoms with Crippen molar-refractivity contribution in [1.82, 2.24) is 0 Å². The van der Waals surface area contributed by atoms with E-state index in [1.54, 1.807) is 0 Å². The summed E-state index contributed by atoms with van der Waals surface area (Å²) in [6, 6.07) is 0. The molecule has 144 valence electrons. The highest BCUT2D eigenvalue weighted by atomic mass is 32.3. The normalized spacial score (nSPS) is 11.8. The van der Waals surface area contributed by atoms with Crippen LogP contribution in [0, 0.1) is 0 Å². The molecule has 0 aromatic carbocycles. The molecule has 6 heteroatoms. The summed E-state index contributed by atoms with van der Waals surface area (Å²) in [5.74, 6) is 0. The number of hydrogen-bond donors (Lipinski definition) is 1. The number of hydrogen-bond acceptors (Lipinski definition) is 3. The third kappa shape index (κ3) is 24.4. The van der Waals surface area contributed by atoms with Gasteiger partial charge in [0.15, 0.2) is 17.4 Å². The molecule has 0 heterocycles. The average molecular weight is 379 g/mol. The van der Waals surface area contributed by atoms with Gasteiger partial charge in [-0.1, -0.05) is 76.9 Å². The first-order valence-corrected chi connectivity index (χ1v) is 10.7. The molecule has 0 spiro atoms. The molecule has 0 radical (unpaired) electrons. The van der Waals surface area contributed by atoms with Crippen LogP contribution in [0.25, 0.3) is 0 Å². The quantitative estimate of drug-likeness (QED) is 0.173. The van der Waals surface area contributed by atoms with Gasteiger partial charge in [-0.05, 0) is 32.1 Å². The minimum Gasteiger partial charge on any atom is -0.264 e. The fourth-order valence-corrected chi connectivity index (χ4v) is 2.84. The summed E-state index contributed by atoms with van der Waals surface area (Å²) >= 11 is 0. The van der Waals surface area contributed by atoms with Gasteiger partial charge in [-0.25, -0.2) is 4.18 Å². The van der Waals surface area contributed by atoms with E-state index in [9.17, 15) is 8.42 Å². The molecule has 0 saturated carbocycles. The lowest BCUT2D eigenvalue weighted by Gasteiger charge is -2.01. The van der Waals surface area contributed by atoms with Crippen molar-refractivity contribution in [3.05, 3.63) is 12.2 Å². The Bertz CT molecular complexity index is 369. The third-order valence-corrected chi connectivity index (χ3v) is 4.35. The zero-order valence-electron chi connectivity index (χ0n) is 14.8. The molecule has 1 N–H and O–H groups in total. The first-order chi connectivity index (χ1) is 11.1. The van der Waals surface area contributed by atoms with Crippen LogP contribution in [-0.4, -0.2) is 36.9 Å². The van der Waals surface area contributed by atoms with Crippen LogP contribution >= 0.6 is 0 Å². The summed E-state index contributed by atoms with van der Waals surface area (Å²) in [5.41, 5.74) is 0. The van der Waals surface area contributed by atoms with Gasteiger partial charge < -0.3 is 0 Å². The molecule has 0 fully saturated rings. The van der Waals surface area contributed by atoms with Crippen LogP contribution in [0.5, 0.6) is 0 Å². The second-order valence-corrected chi connectivity index (χ2v) is 7.28. The highest BCUT2D eigenvalue weighted by Crippen LogP contribution is 2.10. The fraction of sp³-hybridized carbons (Fsp3) is 0.889. The summed E-state index contributed by atoms with van der Waals surface area (Å²) in [5, 5.41) is 0. The lowest BCUT2D eigenvalue weighted by Crippen LogP contribution is -2.04. The van der Waals surface area contributed by atoms with Gasteiger partial charge >= 0.3 is 10.4 Å². The minimum atomic E-state index is -4.25. The Morgan fingerprint density at radius 1 is 0.750 bits per heavy atom. The second-order valence-electron chi connectivity index (χ2n) is 6.19. The van der Waals surface area contributed by atoms with E-state index >= 15 is 0 Å². The van der Waals surface area contributed by atoms with Crippen molar-refractivity contribution in [2.24, 2.45) is 0 Å². The predicted octanol–water partition coefficient (Wildman–Crippen LogP) is 4.66. The summed E-state index contributed by atoms with van der Waals surface area (Å²) in [6.45, 7) is 2.33. The number of rotatable bonds is 17. The molecule has 0 aliphatic rings. The summed E-state index contributed by atoms with van der Waals surface area (Å²) in [4.78, 5) is 0. The lowest BCUT2D eigenvalue weighted by molar-refractivity contribution is 0.261. The van der Waals surface area contributed by atoms with Gasteiger partial charge in [0.25, 0.3) is 0 Å². The Kier molecular flexibility index (Phi) is 21.4. The minimum absolute atomic E-state index is 0. The highest BCUT2D eigenvalue weighted by Gasteiger charge is 2.02. The number of unbranched alkanes of at least 4 members (excludes halogenated alkanes) is 12. The third-order valence-electron chi connectivity index (χ3n) is 3.89. The monoisotopic (exact) mass is 378 g/mol. The van der Waals surface area contributed by atoms with Gasteiger partial charge in [0, 0.05) is 0 Å². The van der Waals surface area contributed by atoms with Gasteiger partial charge in [-0.3, -0.25) is 4.55 Å². The van der Waals surface area contributed by atoms with Gasteiger partial charge in [0.2, 0.25) is 0 Å². The molecular weight excluding hydrogens is 339 g/mol. The fourth-order valence-electron chi connectivity index (χ4n) is 2.51. The molecule has 4 nitrogen and oxygen atoms in total. The van der Waals surface area contributed by atoms with Crippen molar-refractivity contribution in [3.63, 3.8) is 0 Å². The Hall–Kier alpha value is 0.142. The second kappa shape index (κ2) is 19.5. The molecule has 0 bridgehead atoms. The van der Waals surface area contributed by atoms with E-state index in [4.69, 9.17) is 4.55 Å². The molecule has 0 aromatic rings. The summed E-state index contributed by atoms with van der Waals surface area (Å²) in [6.07, 6.45) is 21.5. The Morgan fingerprint density at radius 2 is 1.17 bits per heavy atom. The SMILES string of the molecule is CCCCCCCC/C=C\CCCCCCCCOS(=O)(=O)O.[AlH3].